The maximum absolute atomic E-state index is 10.2. The van der Waals surface area contributed by atoms with Crippen LogP contribution < -0.4 is 4.74 Å². The van der Waals surface area contributed by atoms with E-state index < -0.39 is 6.10 Å². The molecule has 0 fully saturated rings. The molecule has 1 N–H and O–H groups in total. The molecule has 0 spiro atoms. The average molecular weight is 308 g/mol. The summed E-state index contributed by atoms with van der Waals surface area (Å²) in [4.78, 5) is 2.25. The van der Waals surface area contributed by atoms with Gasteiger partial charge in [0.2, 0.25) is 0 Å². The zero-order chi connectivity index (χ0) is 16.1. The SMILES string of the molecule is N#Cc1cccc(OCC(O)CN2CCc3ccccc3C2)c1. The van der Waals surface area contributed by atoms with Crippen LogP contribution in [0.15, 0.2) is 48.5 Å². The minimum atomic E-state index is -0.550. The van der Waals surface area contributed by atoms with Crippen molar-refractivity contribution in [3.8, 4) is 11.8 Å². The fraction of sp³-hybridized carbons (Fsp3) is 0.316. The summed E-state index contributed by atoms with van der Waals surface area (Å²) < 4.78 is 5.59. The Bertz CT molecular complexity index is 709. The highest BCUT2D eigenvalue weighted by molar-refractivity contribution is 5.36. The van der Waals surface area contributed by atoms with Crippen molar-refractivity contribution in [2.24, 2.45) is 0 Å². The van der Waals surface area contributed by atoms with Gasteiger partial charge in [-0.3, -0.25) is 4.90 Å². The van der Waals surface area contributed by atoms with Crippen LogP contribution in [0.5, 0.6) is 5.75 Å². The van der Waals surface area contributed by atoms with E-state index in [0.717, 1.165) is 19.5 Å². The van der Waals surface area contributed by atoms with E-state index in [2.05, 4.69) is 35.2 Å². The lowest BCUT2D eigenvalue weighted by Crippen LogP contribution is -2.38. The summed E-state index contributed by atoms with van der Waals surface area (Å²) in [5, 5.41) is 19.1. The predicted molar refractivity (Wildman–Crippen MR) is 88.1 cm³/mol. The smallest absolute Gasteiger partial charge is 0.120 e. The van der Waals surface area contributed by atoms with Crippen molar-refractivity contribution in [1.29, 1.82) is 5.26 Å². The number of aliphatic hydroxyl groups excluding tert-OH is 1. The van der Waals surface area contributed by atoms with Gasteiger partial charge >= 0.3 is 0 Å². The van der Waals surface area contributed by atoms with Gasteiger partial charge in [0.05, 0.1) is 11.6 Å². The van der Waals surface area contributed by atoms with Gasteiger partial charge < -0.3 is 9.84 Å². The molecule has 0 saturated carbocycles. The first kappa shape index (κ1) is 15.5. The second-order valence-electron chi connectivity index (χ2n) is 5.86. The van der Waals surface area contributed by atoms with Crippen molar-refractivity contribution in [2.75, 3.05) is 19.7 Å². The first-order valence-corrected chi connectivity index (χ1v) is 7.85. The molecule has 1 aliphatic heterocycles. The molecule has 23 heavy (non-hydrogen) atoms. The highest BCUT2D eigenvalue weighted by Gasteiger charge is 2.18. The summed E-state index contributed by atoms with van der Waals surface area (Å²) in [6.07, 6.45) is 0.472. The first-order valence-electron chi connectivity index (χ1n) is 7.85. The van der Waals surface area contributed by atoms with E-state index in [-0.39, 0.29) is 6.61 Å². The molecule has 3 rings (SSSR count). The van der Waals surface area contributed by atoms with E-state index in [1.165, 1.54) is 11.1 Å². The molecule has 2 aromatic rings. The average Bonchev–Trinajstić information content (AvgIpc) is 2.60. The fourth-order valence-corrected chi connectivity index (χ4v) is 2.91. The number of hydrogen-bond acceptors (Lipinski definition) is 4. The van der Waals surface area contributed by atoms with Gasteiger partial charge in [0, 0.05) is 19.6 Å². The molecule has 0 bridgehead atoms. The van der Waals surface area contributed by atoms with Gasteiger partial charge in [-0.05, 0) is 35.7 Å². The Balaban J connectivity index is 1.50. The molecule has 118 valence electrons. The van der Waals surface area contributed by atoms with Gasteiger partial charge in [-0.15, -0.1) is 0 Å². The van der Waals surface area contributed by atoms with Crippen molar-refractivity contribution in [3.63, 3.8) is 0 Å². The molecule has 1 atom stereocenters. The summed E-state index contributed by atoms with van der Waals surface area (Å²) in [6, 6.07) is 17.5. The van der Waals surface area contributed by atoms with E-state index in [1.54, 1.807) is 24.3 Å². The van der Waals surface area contributed by atoms with Crippen molar-refractivity contribution < 1.29 is 9.84 Å². The van der Waals surface area contributed by atoms with Gasteiger partial charge in [0.15, 0.2) is 0 Å². The lowest BCUT2D eigenvalue weighted by Gasteiger charge is -2.30. The molecule has 1 unspecified atom stereocenters. The van der Waals surface area contributed by atoms with E-state index in [4.69, 9.17) is 10.00 Å². The number of nitrogens with zero attached hydrogens (tertiary/aromatic N) is 2. The largest absolute Gasteiger partial charge is 0.491 e. The third kappa shape index (κ3) is 4.10. The molecule has 0 saturated heterocycles. The van der Waals surface area contributed by atoms with Gasteiger partial charge in [0.1, 0.15) is 18.5 Å². The number of rotatable bonds is 5. The Labute approximate surface area is 136 Å². The van der Waals surface area contributed by atoms with Gasteiger partial charge in [-0.25, -0.2) is 0 Å². The molecule has 1 heterocycles. The van der Waals surface area contributed by atoms with E-state index in [9.17, 15) is 5.11 Å². The fourth-order valence-electron chi connectivity index (χ4n) is 2.91. The molecular weight excluding hydrogens is 288 g/mol. The van der Waals surface area contributed by atoms with Gasteiger partial charge in [0.25, 0.3) is 0 Å². The highest BCUT2D eigenvalue weighted by atomic mass is 16.5. The molecule has 0 amide bonds. The minimum Gasteiger partial charge on any atom is -0.491 e. The van der Waals surface area contributed by atoms with Crippen LogP contribution in [0.4, 0.5) is 0 Å². The Morgan fingerprint density at radius 3 is 2.83 bits per heavy atom. The summed E-state index contributed by atoms with van der Waals surface area (Å²) in [7, 11) is 0. The number of hydrogen-bond donors (Lipinski definition) is 1. The Morgan fingerprint density at radius 1 is 1.17 bits per heavy atom. The lowest BCUT2D eigenvalue weighted by atomic mass is 10.00. The van der Waals surface area contributed by atoms with Crippen LogP contribution in [0.25, 0.3) is 0 Å². The van der Waals surface area contributed by atoms with Gasteiger partial charge in [-0.1, -0.05) is 30.3 Å². The number of aliphatic hydroxyl groups is 1. The van der Waals surface area contributed by atoms with Crippen molar-refractivity contribution in [2.45, 2.75) is 19.1 Å². The zero-order valence-electron chi connectivity index (χ0n) is 13.0. The number of benzene rings is 2. The summed E-state index contributed by atoms with van der Waals surface area (Å²) in [5.74, 6) is 0.618. The van der Waals surface area contributed by atoms with Crippen LogP contribution in [-0.4, -0.2) is 35.8 Å². The van der Waals surface area contributed by atoms with E-state index >= 15 is 0 Å². The maximum atomic E-state index is 10.2. The molecule has 0 aromatic heterocycles. The molecule has 0 aliphatic carbocycles. The highest BCUT2D eigenvalue weighted by Crippen LogP contribution is 2.19. The van der Waals surface area contributed by atoms with Crippen LogP contribution in [0.1, 0.15) is 16.7 Å². The molecular formula is C19H20N2O2. The number of β-amino-alcohol motifs (C(OH)–C–C–N with tert-alkyl or cyclic N) is 1. The van der Waals surface area contributed by atoms with Crippen LogP contribution in [0.3, 0.4) is 0 Å². The second-order valence-corrected chi connectivity index (χ2v) is 5.86. The third-order valence-corrected chi connectivity index (χ3v) is 4.08. The number of ether oxygens (including phenoxy) is 1. The van der Waals surface area contributed by atoms with Crippen LogP contribution >= 0.6 is 0 Å². The zero-order valence-corrected chi connectivity index (χ0v) is 13.0. The van der Waals surface area contributed by atoms with Crippen molar-refractivity contribution in [3.05, 3.63) is 65.2 Å². The normalized spacial score (nSPS) is 15.5. The molecule has 4 nitrogen and oxygen atoms in total. The lowest BCUT2D eigenvalue weighted by molar-refractivity contribution is 0.0638. The van der Waals surface area contributed by atoms with Crippen LogP contribution in [-0.2, 0) is 13.0 Å². The standard InChI is InChI=1S/C19H20N2O2/c20-11-15-4-3-7-19(10-15)23-14-18(22)13-21-9-8-16-5-1-2-6-17(16)12-21/h1-7,10,18,22H,8-9,12-14H2. The third-order valence-electron chi connectivity index (χ3n) is 4.08. The van der Waals surface area contributed by atoms with Crippen LogP contribution in [0, 0.1) is 11.3 Å². The predicted octanol–water partition coefficient (Wildman–Crippen LogP) is 2.36. The molecule has 0 radical (unpaired) electrons. The van der Waals surface area contributed by atoms with Crippen molar-refractivity contribution >= 4 is 0 Å². The molecule has 2 aromatic carbocycles. The summed E-state index contributed by atoms with van der Waals surface area (Å²) >= 11 is 0. The van der Waals surface area contributed by atoms with Gasteiger partial charge in [-0.2, -0.15) is 5.26 Å². The number of fused-ring (bicyclic) bond motifs is 1. The topological polar surface area (TPSA) is 56.5 Å². The molecule has 1 aliphatic rings. The Kier molecular flexibility index (Phi) is 4.92. The van der Waals surface area contributed by atoms with Crippen molar-refractivity contribution in [1.82, 2.24) is 4.90 Å². The maximum Gasteiger partial charge on any atom is 0.120 e. The van der Waals surface area contributed by atoms with E-state index in [0.29, 0.717) is 17.9 Å². The second kappa shape index (κ2) is 7.28. The summed E-state index contributed by atoms with van der Waals surface area (Å²) in [5.41, 5.74) is 3.31. The Hall–Kier alpha value is -2.35. The first-order chi connectivity index (χ1) is 11.2. The summed E-state index contributed by atoms with van der Waals surface area (Å²) in [6.45, 7) is 2.65. The Morgan fingerprint density at radius 2 is 2.00 bits per heavy atom. The van der Waals surface area contributed by atoms with E-state index in [1.807, 2.05) is 0 Å². The van der Waals surface area contributed by atoms with Crippen LogP contribution in [0.2, 0.25) is 0 Å². The number of nitriles is 1. The minimum absolute atomic E-state index is 0.229. The quantitative estimate of drug-likeness (QED) is 0.921. The molecule has 4 heteroatoms. The monoisotopic (exact) mass is 308 g/mol.